The van der Waals surface area contributed by atoms with Crippen LogP contribution < -0.4 is 10.0 Å². The zero-order chi connectivity index (χ0) is 17.8. The highest BCUT2D eigenvalue weighted by Gasteiger charge is 2.36. The summed E-state index contributed by atoms with van der Waals surface area (Å²) < 4.78 is 46.4. The fourth-order valence-electron chi connectivity index (χ4n) is 2.86. The molecule has 1 aromatic rings. The maximum absolute atomic E-state index is 14.0. The zero-order valence-electron chi connectivity index (χ0n) is 13.7. The summed E-state index contributed by atoms with van der Waals surface area (Å²) in [6.07, 6.45) is 1.37. The lowest BCUT2D eigenvalue weighted by molar-refractivity contribution is -0.388. The van der Waals surface area contributed by atoms with Gasteiger partial charge in [0.1, 0.15) is 5.82 Å². The van der Waals surface area contributed by atoms with E-state index in [0.29, 0.717) is 32.5 Å². The van der Waals surface area contributed by atoms with Crippen LogP contribution >= 0.6 is 12.4 Å². The van der Waals surface area contributed by atoms with E-state index in [0.717, 1.165) is 18.2 Å². The third-order valence-electron chi connectivity index (χ3n) is 4.16. The first-order chi connectivity index (χ1) is 11.3. The second-order valence-corrected chi connectivity index (χ2v) is 7.56. The number of nitro benzene ring substituents is 1. The molecule has 1 aliphatic heterocycles. The number of ether oxygens (including phenoxy) is 1. The average molecular weight is 398 g/mol. The molecule has 0 aliphatic carbocycles. The number of methoxy groups -OCH3 is 1. The van der Waals surface area contributed by atoms with Crippen molar-refractivity contribution in [1.29, 1.82) is 0 Å². The Morgan fingerprint density at radius 2 is 2.04 bits per heavy atom. The van der Waals surface area contributed by atoms with E-state index >= 15 is 0 Å². The standard InChI is InChI=1S/C14H20FN3O5S.ClH/c1-23-10-14(5-7-16-8-6-14)9-17-24(21,22)13-11(15)3-2-4-12(13)18(19)20;/h2-4,16-17H,5-10H2,1H3;1H. The quantitative estimate of drug-likeness (QED) is 0.532. The van der Waals surface area contributed by atoms with Crippen LogP contribution in [-0.4, -0.2) is 46.7 Å². The lowest BCUT2D eigenvalue weighted by atomic mass is 9.80. The van der Waals surface area contributed by atoms with E-state index in [4.69, 9.17) is 4.74 Å². The van der Waals surface area contributed by atoms with Gasteiger partial charge in [-0.2, -0.15) is 0 Å². The summed E-state index contributed by atoms with van der Waals surface area (Å²) in [6.45, 7) is 1.79. The Labute approximate surface area is 151 Å². The largest absolute Gasteiger partial charge is 0.384 e. The van der Waals surface area contributed by atoms with Gasteiger partial charge in [0.15, 0.2) is 4.90 Å². The number of sulfonamides is 1. The Balaban J connectivity index is 0.00000312. The molecule has 0 bridgehead atoms. The number of nitro groups is 1. The van der Waals surface area contributed by atoms with E-state index in [1.807, 2.05) is 0 Å². The topological polar surface area (TPSA) is 111 Å². The van der Waals surface area contributed by atoms with Gasteiger partial charge in [-0.1, -0.05) is 6.07 Å². The van der Waals surface area contributed by atoms with Crippen LogP contribution in [-0.2, 0) is 14.8 Å². The molecule has 1 aliphatic rings. The van der Waals surface area contributed by atoms with Crippen molar-refractivity contribution in [3.63, 3.8) is 0 Å². The molecular weight excluding hydrogens is 377 g/mol. The van der Waals surface area contributed by atoms with E-state index in [-0.39, 0.29) is 19.0 Å². The number of piperidine rings is 1. The number of nitrogens with one attached hydrogen (secondary N) is 2. The Morgan fingerprint density at radius 1 is 1.40 bits per heavy atom. The number of hydrogen-bond donors (Lipinski definition) is 2. The smallest absolute Gasteiger partial charge is 0.292 e. The minimum atomic E-state index is -4.37. The number of nitrogens with zero attached hydrogens (tertiary/aromatic N) is 1. The first-order valence-electron chi connectivity index (χ1n) is 7.44. The van der Waals surface area contributed by atoms with Crippen molar-refractivity contribution in [1.82, 2.24) is 10.0 Å². The highest BCUT2D eigenvalue weighted by atomic mass is 35.5. The van der Waals surface area contributed by atoms with Crippen molar-refractivity contribution in [2.75, 3.05) is 33.4 Å². The fraction of sp³-hybridized carbons (Fsp3) is 0.571. The molecule has 8 nitrogen and oxygen atoms in total. The van der Waals surface area contributed by atoms with Crippen molar-refractivity contribution in [3.05, 3.63) is 34.1 Å². The predicted octanol–water partition coefficient (Wildman–Crippen LogP) is 1.45. The van der Waals surface area contributed by atoms with Crippen molar-refractivity contribution in [3.8, 4) is 0 Å². The summed E-state index contributed by atoms with van der Waals surface area (Å²) in [5, 5.41) is 14.2. The molecule has 0 saturated carbocycles. The molecule has 1 heterocycles. The van der Waals surface area contributed by atoms with E-state index in [1.54, 1.807) is 0 Å². The second kappa shape index (κ2) is 8.86. The van der Waals surface area contributed by atoms with Crippen LogP contribution in [0.1, 0.15) is 12.8 Å². The number of hydrogen-bond acceptors (Lipinski definition) is 6. The SMILES string of the molecule is COCC1(CNS(=O)(=O)c2c(F)cccc2[N+](=O)[O-])CCNCC1.Cl. The van der Waals surface area contributed by atoms with E-state index < -0.39 is 36.8 Å². The summed E-state index contributed by atoms with van der Waals surface area (Å²) >= 11 is 0. The molecule has 25 heavy (non-hydrogen) atoms. The summed E-state index contributed by atoms with van der Waals surface area (Å²) in [5.41, 5.74) is -1.21. The maximum atomic E-state index is 14.0. The molecule has 0 aromatic heterocycles. The molecule has 0 atom stereocenters. The summed E-state index contributed by atoms with van der Waals surface area (Å²) in [5.74, 6) is -1.15. The first-order valence-corrected chi connectivity index (χ1v) is 8.92. The van der Waals surface area contributed by atoms with Crippen molar-refractivity contribution < 1.29 is 22.5 Å². The van der Waals surface area contributed by atoms with Gasteiger partial charge in [0, 0.05) is 25.1 Å². The lowest BCUT2D eigenvalue weighted by Crippen LogP contribution is -2.47. The van der Waals surface area contributed by atoms with Gasteiger partial charge >= 0.3 is 0 Å². The molecule has 0 amide bonds. The number of rotatable bonds is 7. The average Bonchev–Trinajstić information content (AvgIpc) is 2.54. The van der Waals surface area contributed by atoms with E-state index in [9.17, 15) is 22.9 Å². The molecule has 0 radical (unpaired) electrons. The summed E-state index contributed by atoms with van der Waals surface area (Å²) in [4.78, 5) is 9.17. The van der Waals surface area contributed by atoms with Gasteiger partial charge in [0.25, 0.3) is 5.69 Å². The van der Waals surface area contributed by atoms with Crippen molar-refractivity contribution >= 4 is 28.1 Å². The molecule has 1 saturated heterocycles. The van der Waals surface area contributed by atoms with Gasteiger partial charge in [-0.05, 0) is 32.0 Å². The maximum Gasteiger partial charge on any atom is 0.292 e. The first kappa shape index (κ1) is 21.7. The van der Waals surface area contributed by atoms with Gasteiger partial charge < -0.3 is 10.1 Å². The molecular formula is C14H21ClFN3O5S. The minimum Gasteiger partial charge on any atom is -0.384 e. The van der Waals surface area contributed by atoms with Gasteiger partial charge in [-0.25, -0.2) is 17.5 Å². The van der Waals surface area contributed by atoms with Crippen LogP contribution in [0.25, 0.3) is 0 Å². The monoisotopic (exact) mass is 397 g/mol. The fourth-order valence-corrected chi connectivity index (χ4v) is 4.25. The zero-order valence-corrected chi connectivity index (χ0v) is 15.3. The molecule has 2 rings (SSSR count). The van der Waals surface area contributed by atoms with E-state index in [1.165, 1.54) is 7.11 Å². The van der Waals surface area contributed by atoms with Crippen LogP contribution in [0.3, 0.4) is 0 Å². The van der Waals surface area contributed by atoms with Crippen LogP contribution in [0.5, 0.6) is 0 Å². The Morgan fingerprint density at radius 3 is 2.60 bits per heavy atom. The van der Waals surface area contributed by atoms with Crippen LogP contribution in [0.15, 0.2) is 23.1 Å². The number of halogens is 2. The molecule has 142 valence electrons. The van der Waals surface area contributed by atoms with Gasteiger partial charge in [-0.15, -0.1) is 12.4 Å². The Kier molecular flexibility index (Phi) is 7.69. The molecule has 11 heteroatoms. The normalized spacial score (nSPS) is 16.9. The van der Waals surface area contributed by atoms with Gasteiger partial charge in [-0.3, -0.25) is 10.1 Å². The van der Waals surface area contributed by atoms with Gasteiger partial charge in [0.2, 0.25) is 10.0 Å². The third kappa shape index (κ3) is 5.08. The van der Waals surface area contributed by atoms with Crippen molar-refractivity contribution in [2.24, 2.45) is 5.41 Å². The summed E-state index contributed by atoms with van der Waals surface area (Å²) in [7, 11) is -2.84. The third-order valence-corrected chi connectivity index (χ3v) is 5.63. The number of benzene rings is 1. The van der Waals surface area contributed by atoms with Crippen LogP contribution in [0.2, 0.25) is 0 Å². The Bertz CT molecular complexity index is 705. The highest BCUT2D eigenvalue weighted by Crippen LogP contribution is 2.30. The van der Waals surface area contributed by atoms with Crippen molar-refractivity contribution in [2.45, 2.75) is 17.7 Å². The second-order valence-electron chi connectivity index (χ2n) is 5.85. The van der Waals surface area contributed by atoms with Crippen LogP contribution in [0, 0.1) is 21.3 Å². The minimum absolute atomic E-state index is 0. The molecule has 1 aromatic carbocycles. The van der Waals surface area contributed by atoms with Crippen LogP contribution in [0.4, 0.5) is 10.1 Å². The lowest BCUT2D eigenvalue weighted by Gasteiger charge is -2.37. The Hall–Kier alpha value is -1.33. The molecule has 0 spiro atoms. The molecule has 2 N–H and O–H groups in total. The van der Waals surface area contributed by atoms with E-state index in [2.05, 4.69) is 10.0 Å². The molecule has 0 unspecified atom stereocenters. The van der Waals surface area contributed by atoms with Gasteiger partial charge in [0.05, 0.1) is 11.5 Å². The predicted molar refractivity (Wildman–Crippen MR) is 91.9 cm³/mol. The highest BCUT2D eigenvalue weighted by molar-refractivity contribution is 7.89. The summed E-state index contributed by atoms with van der Waals surface area (Å²) in [6, 6.07) is 2.95. The molecule has 1 fully saturated rings.